The number of amides is 1. The molecule has 1 aromatic rings. The Morgan fingerprint density at radius 1 is 1.15 bits per heavy atom. The van der Waals surface area contributed by atoms with Crippen molar-refractivity contribution in [3.8, 4) is 0 Å². The van der Waals surface area contributed by atoms with Crippen molar-refractivity contribution in [1.29, 1.82) is 0 Å². The zero-order valence-corrected chi connectivity index (χ0v) is 26.0. The van der Waals surface area contributed by atoms with Gasteiger partial charge >= 0.3 is 0 Å². The van der Waals surface area contributed by atoms with Crippen LogP contribution in [0.4, 0.5) is 0 Å². The minimum absolute atomic E-state index is 0.0132. The summed E-state index contributed by atoms with van der Waals surface area (Å²) in [6.07, 6.45) is 7.71. The largest absolute Gasteiger partial charge is 0.394 e. The molecule has 1 aliphatic heterocycles. The number of aryl methyl sites for hydroxylation is 1. The van der Waals surface area contributed by atoms with E-state index in [-0.39, 0.29) is 36.0 Å². The number of carbonyl (C=O) groups excluding carboxylic acids is 2. The van der Waals surface area contributed by atoms with Crippen LogP contribution in [0.1, 0.15) is 102 Å². The highest BCUT2D eigenvalue weighted by Crippen LogP contribution is 2.59. The van der Waals surface area contributed by atoms with Crippen LogP contribution in [0.15, 0.2) is 34.5 Å². The predicted octanol–water partition coefficient (Wildman–Crippen LogP) is 6.12. The summed E-state index contributed by atoms with van der Waals surface area (Å²) in [4.78, 5) is 30.2. The van der Waals surface area contributed by atoms with E-state index in [1.807, 2.05) is 6.92 Å². The van der Waals surface area contributed by atoms with Gasteiger partial charge in [0.1, 0.15) is 5.70 Å². The standard InChI is InChI=1S/C18H27N3O3.C16H26/c1-9-8-21(5-4-14(9)23)18(24)17(19)16-13(20-7-10(2)22)6-12-11(3)15(12)16;1-5-7-11-15(9-6-2)16-12-8-10-13(3)14(16)4/h9,11-12,14-15,23H,4-8,19H2,1-3H3;8,10,12,15H,5-7,9,11H2,1-4H3/b17-16+,20-13?;/t9-,11-,12?,14+,15?;/m1./s1. The molecule has 3 fully saturated rings. The van der Waals surface area contributed by atoms with E-state index >= 15 is 0 Å². The SMILES string of the molecule is CC(=O)CN=C1CC2C(/C1=C(/N)C(=O)N1CC[C@H](O)[C@H](C)C1)[C@@H]2C.CCCCC(CCC)c1cccc(C)c1C. The summed E-state index contributed by atoms with van der Waals surface area (Å²) in [5, 5.41) is 9.84. The van der Waals surface area contributed by atoms with Gasteiger partial charge in [0.2, 0.25) is 0 Å². The van der Waals surface area contributed by atoms with Gasteiger partial charge in [0.05, 0.1) is 12.6 Å². The summed E-state index contributed by atoms with van der Waals surface area (Å²) >= 11 is 0. The van der Waals surface area contributed by atoms with Crippen molar-refractivity contribution in [2.24, 2.45) is 34.4 Å². The van der Waals surface area contributed by atoms with Crippen molar-refractivity contribution in [1.82, 2.24) is 4.90 Å². The molecule has 2 saturated carbocycles. The third kappa shape index (κ3) is 7.63. The minimum Gasteiger partial charge on any atom is -0.394 e. The molecule has 6 heteroatoms. The number of aliphatic hydroxyl groups is 1. The number of aliphatic hydroxyl groups excluding tert-OH is 1. The average molecular weight is 552 g/mol. The Bertz CT molecular complexity index is 1110. The summed E-state index contributed by atoms with van der Waals surface area (Å²) < 4.78 is 0. The lowest BCUT2D eigenvalue weighted by molar-refractivity contribution is -0.130. The number of nitrogens with two attached hydrogens (primary N) is 1. The highest BCUT2D eigenvalue weighted by atomic mass is 16.3. The van der Waals surface area contributed by atoms with Crippen LogP contribution >= 0.6 is 0 Å². The van der Waals surface area contributed by atoms with Crippen LogP contribution in [0.2, 0.25) is 0 Å². The number of unbranched alkanes of at least 4 members (excludes halogenated alkanes) is 1. The Kier molecular flexibility index (Phi) is 11.6. The van der Waals surface area contributed by atoms with Gasteiger partial charge in [-0.3, -0.25) is 14.6 Å². The van der Waals surface area contributed by atoms with Gasteiger partial charge in [0, 0.05) is 24.4 Å². The van der Waals surface area contributed by atoms with Crippen molar-refractivity contribution >= 4 is 17.4 Å². The molecule has 6 atom stereocenters. The van der Waals surface area contributed by atoms with Gasteiger partial charge in [-0.2, -0.15) is 0 Å². The second-order valence-electron chi connectivity index (χ2n) is 12.5. The van der Waals surface area contributed by atoms with Crippen LogP contribution < -0.4 is 5.73 Å². The molecule has 0 radical (unpaired) electrons. The molecule has 1 amide bonds. The van der Waals surface area contributed by atoms with E-state index in [4.69, 9.17) is 5.73 Å². The molecule has 2 aliphatic carbocycles. The Morgan fingerprint density at radius 3 is 2.50 bits per heavy atom. The molecule has 4 rings (SSSR count). The van der Waals surface area contributed by atoms with Gasteiger partial charge < -0.3 is 15.7 Å². The van der Waals surface area contributed by atoms with Crippen molar-refractivity contribution in [2.75, 3.05) is 19.6 Å². The molecule has 0 bridgehead atoms. The molecule has 3 N–H and O–H groups in total. The Labute approximate surface area is 242 Å². The lowest BCUT2D eigenvalue weighted by Crippen LogP contribution is -2.46. The quantitative estimate of drug-likeness (QED) is 0.361. The number of piperidine rings is 1. The summed E-state index contributed by atoms with van der Waals surface area (Å²) in [7, 11) is 0. The topological polar surface area (TPSA) is 96.0 Å². The van der Waals surface area contributed by atoms with E-state index < -0.39 is 0 Å². The number of aliphatic imine (C=N–C) groups is 1. The van der Waals surface area contributed by atoms with E-state index in [9.17, 15) is 14.7 Å². The number of rotatable bonds is 9. The van der Waals surface area contributed by atoms with Crippen molar-refractivity contribution in [2.45, 2.75) is 105 Å². The van der Waals surface area contributed by atoms with E-state index in [0.717, 1.165) is 23.6 Å². The van der Waals surface area contributed by atoms with Crippen LogP contribution in [0.3, 0.4) is 0 Å². The molecule has 1 heterocycles. The van der Waals surface area contributed by atoms with Gasteiger partial charge in [0.15, 0.2) is 5.78 Å². The molecular weight excluding hydrogens is 498 g/mol. The van der Waals surface area contributed by atoms with Gasteiger partial charge in [0.25, 0.3) is 5.91 Å². The fraction of sp³-hybridized carbons (Fsp3) is 0.676. The number of hydrogen-bond acceptors (Lipinski definition) is 5. The second kappa shape index (κ2) is 14.4. The molecule has 1 aromatic carbocycles. The number of hydrogen-bond donors (Lipinski definition) is 2. The summed E-state index contributed by atoms with van der Waals surface area (Å²) in [5.41, 5.74) is 12.8. The third-order valence-corrected chi connectivity index (χ3v) is 9.43. The molecule has 3 unspecified atom stereocenters. The number of fused-ring (bicyclic) bond motifs is 1. The molecule has 0 spiro atoms. The molecule has 1 saturated heterocycles. The number of Topliss-reactive ketones (excluding diaryl/α,β-unsaturated/α-hetero) is 1. The summed E-state index contributed by atoms with van der Waals surface area (Å²) in [5.74, 6) is 2.06. The number of nitrogens with zero attached hydrogens (tertiary/aromatic N) is 2. The van der Waals surface area contributed by atoms with Gasteiger partial charge in [-0.25, -0.2) is 0 Å². The van der Waals surface area contributed by atoms with Crippen molar-refractivity contribution < 1.29 is 14.7 Å². The van der Waals surface area contributed by atoms with E-state index in [2.05, 4.69) is 57.8 Å². The average Bonchev–Trinajstić information content (AvgIpc) is 3.37. The molecule has 6 nitrogen and oxygen atoms in total. The predicted molar refractivity (Wildman–Crippen MR) is 164 cm³/mol. The molecule has 3 aliphatic rings. The monoisotopic (exact) mass is 551 g/mol. The minimum atomic E-state index is -0.352. The number of benzene rings is 1. The number of carbonyl (C=O) groups is 2. The van der Waals surface area contributed by atoms with Crippen molar-refractivity contribution in [3.05, 3.63) is 46.2 Å². The Morgan fingerprint density at radius 2 is 1.88 bits per heavy atom. The van der Waals surface area contributed by atoms with E-state index in [1.54, 1.807) is 10.5 Å². The molecule has 222 valence electrons. The maximum absolute atomic E-state index is 12.8. The fourth-order valence-corrected chi connectivity index (χ4v) is 6.63. The van der Waals surface area contributed by atoms with Gasteiger partial charge in [-0.1, -0.05) is 65.2 Å². The number of ketones is 1. The third-order valence-electron chi connectivity index (χ3n) is 9.43. The number of allylic oxidation sites excluding steroid dienone is 1. The maximum atomic E-state index is 12.8. The lowest BCUT2D eigenvalue weighted by atomic mass is 9.86. The van der Waals surface area contributed by atoms with Crippen LogP contribution in [-0.2, 0) is 9.59 Å². The zero-order chi connectivity index (χ0) is 29.6. The van der Waals surface area contributed by atoms with E-state index in [1.165, 1.54) is 50.2 Å². The Balaban J connectivity index is 0.000000241. The normalized spacial score (nSPS) is 28.4. The second-order valence-corrected chi connectivity index (χ2v) is 12.5. The first kappa shape index (κ1) is 32.0. The van der Waals surface area contributed by atoms with Crippen LogP contribution in [-0.4, -0.2) is 53.1 Å². The van der Waals surface area contributed by atoms with Crippen LogP contribution in [0, 0.1) is 37.5 Å². The lowest BCUT2D eigenvalue weighted by Gasteiger charge is -2.34. The highest BCUT2D eigenvalue weighted by molar-refractivity contribution is 6.11. The fourth-order valence-electron chi connectivity index (χ4n) is 6.63. The van der Waals surface area contributed by atoms with Gasteiger partial charge in [-0.15, -0.1) is 0 Å². The number of likely N-dealkylation sites (tertiary alicyclic amines) is 1. The first-order valence-electron chi connectivity index (χ1n) is 15.6. The Hall–Kier alpha value is -2.47. The van der Waals surface area contributed by atoms with Crippen LogP contribution in [0.5, 0.6) is 0 Å². The van der Waals surface area contributed by atoms with Gasteiger partial charge in [-0.05, 0) is 92.7 Å². The summed E-state index contributed by atoms with van der Waals surface area (Å²) in [6.45, 7) is 15.9. The molecular formula is C34H53N3O3. The first-order valence-corrected chi connectivity index (χ1v) is 15.6. The van der Waals surface area contributed by atoms with Crippen LogP contribution in [0.25, 0.3) is 0 Å². The molecule has 0 aromatic heterocycles. The smallest absolute Gasteiger partial charge is 0.270 e. The maximum Gasteiger partial charge on any atom is 0.270 e. The highest BCUT2D eigenvalue weighted by Gasteiger charge is 2.56. The first-order chi connectivity index (χ1) is 19.0. The van der Waals surface area contributed by atoms with E-state index in [0.29, 0.717) is 37.3 Å². The zero-order valence-electron chi connectivity index (χ0n) is 26.0. The molecule has 40 heavy (non-hydrogen) atoms. The van der Waals surface area contributed by atoms with Crippen molar-refractivity contribution in [3.63, 3.8) is 0 Å². The summed E-state index contributed by atoms with van der Waals surface area (Å²) in [6, 6.07) is 6.77.